The average Bonchev–Trinajstić information content (AvgIpc) is 2.34. The second-order valence-electron chi connectivity index (χ2n) is 4.43. The zero-order valence-corrected chi connectivity index (χ0v) is 11.1. The number of carbonyl (C=O) groups is 1. The summed E-state index contributed by atoms with van der Waals surface area (Å²) in [5.74, 6) is 0.352. The van der Waals surface area contributed by atoms with E-state index in [1.165, 1.54) is 5.56 Å². The summed E-state index contributed by atoms with van der Waals surface area (Å²) in [4.78, 5) is 10.8. The Bertz CT molecular complexity index is 433. The van der Waals surface area contributed by atoms with Gasteiger partial charge in [0.25, 0.3) is 0 Å². The number of carboxylic acids is 1. The van der Waals surface area contributed by atoms with E-state index >= 15 is 0 Å². The molecule has 0 aliphatic carbocycles. The molecule has 0 fully saturated rings. The van der Waals surface area contributed by atoms with E-state index < -0.39 is 5.97 Å². The van der Waals surface area contributed by atoms with E-state index in [0.29, 0.717) is 17.9 Å². The predicted molar refractivity (Wildman–Crippen MR) is 72.0 cm³/mol. The zero-order chi connectivity index (χ0) is 13.5. The minimum Gasteiger partial charge on any atom is -0.490 e. The summed E-state index contributed by atoms with van der Waals surface area (Å²) < 4.78 is 5.54. The van der Waals surface area contributed by atoms with Crippen LogP contribution in [0.3, 0.4) is 0 Å². The van der Waals surface area contributed by atoms with Crippen LogP contribution in [-0.4, -0.2) is 17.7 Å². The van der Waals surface area contributed by atoms with Gasteiger partial charge in [0, 0.05) is 5.57 Å². The van der Waals surface area contributed by atoms with Crippen LogP contribution in [0.25, 0.3) is 0 Å². The maximum Gasteiger partial charge on any atom is 0.331 e. The van der Waals surface area contributed by atoms with Crippen molar-refractivity contribution in [1.29, 1.82) is 0 Å². The van der Waals surface area contributed by atoms with Gasteiger partial charge in [0.05, 0.1) is 0 Å². The molecular weight excluding hydrogens is 228 g/mol. The molecule has 0 bridgehead atoms. The Kier molecular flexibility index (Phi) is 5.43. The van der Waals surface area contributed by atoms with Crippen molar-refractivity contribution in [2.45, 2.75) is 33.1 Å². The van der Waals surface area contributed by atoms with Crippen LogP contribution >= 0.6 is 0 Å². The maximum atomic E-state index is 10.8. The molecule has 0 aromatic heterocycles. The van der Waals surface area contributed by atoms with Gasteiger partial charge in [-0.05, 0) is 36.1 Å². The normalized spacial score (nSPS) is 11.7. The molecule has 1 rings (SSSR count). The highest BCUT2D eigenvalue weighted by Crippen LogP contribution is 2.20. The number of ether oxygens (including phenoxy) is 1. The van der Waals surface area contributed by atoms with Crippen molar-refractivity contribution in [3.05, 3.63) is 41.5 Å². The molecule has 1 aromatic rings. The maximum absolute atomic E-state index is 10.8. The Morgan fingerprint density at radius 1 is 1.44 bits per heavy atom. The van der Waals surface area contributed by atoms with Gasteiger partial charge in [-0.25, -0.2) is 4.79 Å². The lowest BCUT2D eigenvalue weighted by Crippen LogP contribution is -2.03. The summed E-state index contributed by atoms with van der Waals surface area (Å²) in [5, 5.41) is 8.86. The van der Waals surface area contributed by atoms with Gasteiger partial charge < -0.3 is 9.84 Å². The molecule has 0 radical (unpaired) electrons. The van der Waals surface area contributed by atoms with Crippen LogP contribution in [0.5, 0.6) is 5.75 Å². The molecule has 0 aliphatic heterocycles. The highest BCUT2D eigenvalue weighted by Gasteiger charge is 2.04. The fourth-order valence-corrected chi connectivity index (χ4v) is 1.58. The van der Waals surface area contributed by atoms with E-state index in [1.807, 2.05) is 25.1 Å². The van der Waals surface area contributed by atoms with E-state index in [2.05, 4.69) is 19.9 Å². The largest absolute Gasteiger partial charge is 0.490 e. The van der Waals surface area contributed by atoms with Crippen molar-refractivity contribution in [3.63, 3.8) is 0 Å². The fourth-order valence-electron chi connectivity index (χ4n) is 1.58. The van der Waals surface area contributed by atoms with E-state index in [1.54, 1.807) is 6.08 Å². The summed E-state index contributed by atoms with van der Waals surface area (Å²) in [6.07, 6.45) is 2.12. The zero-order valence-electron chi connectivity index (χ0n) is 11.1. The number of carboxylic acid groups (broad SMARTS) is 1. The SMILES string of the molecule is CCC(=CCOc1cccc(C(C)C)c1)C(=O)O. The molecule has 98 valence electrons. The molecule has 1 aromatic carbocycles. The quantitative estimate of drug-likeness (QED) is 0.782. The topological polar surface area (TPSA) is 46.5 Å². The Labute approximate surface area is 108 Å². The molecule has 3 nitrogen and oxygen atoms in total. The molecule has 0 atom stereocenters. The highest BCUT2D eigenvalue weighted by atomic mass is 16.5. The summed E-state index contributed by atoms with van der Waals surface area (Å²) >= 11 is 0. The van der Waals surface area contributed by atoms with Crippen molar-refractivity contribution >= 4 is 5.97 Å². The van der Waals surface area contributed by atoms with Gasteiger partial charge in [0.1, 0.15) is 12.4 Å². The van der Waals surface area contributed by atoms with Crippen LogP contribution in [0.1, 0.15) is 38.7 Å². The van der Waals surface area contributed by atoms with Crippen molar-refractivity contribution in [2.24, 2.45) is 0 Å². The monoisotopic (exact) mass is 248 g/mol. The molecule has 0 unspecified atom stereocenters. The third-order valence-corrected chi connectivity index (χ3v) is 2.76. The molecule has 0 spiro atoms. The Balaban J connectivity index is 2.63. The first-order chi connectivity index (χ1) is 8.54. The van der Waals surface area contributed by atoms with Crippen LogP contribution in [0.15, 0.2) is 35.9 Å². The summed E-state index contributed by atoms with van der Waals surface area (Å²) in [6, 6.07) is 7.88. The molecule has 0 saturated carbocycles. The van der Waals surface area contributed by atoms with E-state index in [0.717, 1.165) is 5.75 Å². The van der Waals surface area contributed by atoms with Crippen LogP contribution in [0.4, 0.5) is 0 Å². The van der Waals surface area contributed by atoms with Crippen LogP contribution < -0.4 is 4.74 Å². The lowest BCUT2D eigenvalue weighted by atomic mass is 10.0. The molecule has 0 saturated heterocycles. The predicted octanol–water partition coefficient (Wildman–Crippen LogP) is 3.61. The van der Waals surface area contributed by atoms with Crippen molar-refractivity contribution in [3.8, 4) is 5.75 Å². The second kappa shape index (κ2) is 6.84. The first-order valence-corrected chi connectivity index (χ1v) is 6.19. The van der Waals surface area contributed by atoms with Gasteiger partial charge in [-0.1, -0.05) is 32.9 Å². The lowest BCUT2D eigenvalue weighted by molar-refractivity contribution is -0.132. The van der Waals surface area contributed by atoms with Crippen molar-refractivity contribution in [2.75, 3.05) is 6.61 Å². The van der Waals surface area contributed by atoms with Crippen LogP contribution in [-0.2, 0) is 4.79 Å². The third-order valence-electron chi connectivity index (χ3n) is 2.76. The number of rotatable bonds is 6. The van der Waals surface area contributed by atoms with Gasteiger partial charge in [-0.3, -0.25) is 0 Å². The molecule has 3 heteroatoms. The third kappa shape index (κ3) is 4.24. The summed E-state index contributed by atoms with van der Waals surface area (Å²) in [7, 11) is 0. The minimum absolute atomic E-state index is 0.289. The van der Waals surface area contributed by atoms with Gasteiger partial charge in [0.2, 0.25) is 0 Å². The van der Waals surface area contributed by atoms with E-state index in [4.69, 9.17) is 9.84 Å². The molecule has 1 N–H and O–H groups in total. The summed E-state index contributed by atoms with van der Waals surface area (Å²) in [6.45, 7) is 6.35. The molecule has 0 amide bonds. The van der Waals surface area contributed by atoms with Crippen molar-refractivity contribution in [1.82, 2.24) is 0 Å². The van der Waals surface area contributed by atoms with Crippen molar-refractivity contribution < 1.29 is 14.6 Å². The average molecular weight is 248 g/mol. The summed E-state index contributed by atoms with van der Waals surface area (Å²) in [5.41, 5.74) is 1.60. The van der Waals surface area contributed by atoms with Gasteiger partial charge >= 0.3 is 5.97 Å². The Hall–Kier alpha value is -1.77. The van der Waals surface area contributed by atoms with E-state index in [-0.39, 0.29) is 6.61 Å². The van der Waals surface area contributed by atoms with Crippen LogP contribution in [0.2, 0.25) is 0 Å². The molecule has 18 heavy (non-hydrogen) atoms. The Morgan fingerprint density at radius 3 is 2.72 bits per heavy atom. The second-order valence-corrected chi connectivity index (χ2v) is 4.43. The molecular formula is C15H20O3. The van der Waals surface area contributed by atoms with E-state index in [9.17, 15) is 4.79 Å². The Morgan fingerprint density at radius 2 is 2.17 bits per heavy atom. The first-order valence-electron chi connectivity index (χ1n) is 6.19. The lowest BCUT2D eigenvalue weighted by Gasteiger charge is -2.09. The number of aliphatic carboxylic acids is 1. The fraction of sp³-hybridized carbons (Fsp3) is 0.400. The van der Waals surface area contributed by atoms with Gasteiger partial charge in [0.15, 0.2) is 0 Å². The molecule has 0 heterocycles. The molecule has 0 aliphatic rings. The number of hydrogen-bond donors (Lipinski definition) is 1. The standard InChI is InChI=1S/C15H20O3/c1-4-12(15(16)17)8-9-18-14-7-5-6-13(10-14)11(2)3/h5-8,10-11H,4,9H2,1-3H3,(H,16,17). The first kappa shape index (κ1) is 14.3. The van der Waals surface area contributed by atoms with Gasteiger partial charge in [-0.15, -0.1) is 0 Å². The van der Waals surface area contributed by atoms with Gasteiger partial charge in [-0.2, -0.15) is 0 Å². The number of benzene rings is 1. The van der Waals surface area contributed by atoms with Crippen LogP contribution in [0, 0.1) is 0 Å². The minimum atomic E-state index is -0.878. The smallest absolute Gasteiger partial charge is 0.331 e. The highest BCUT2D eigenvalue weighted by molar-refractivity contribution is 5.86. The number of hydrogen-bond acceptors (Lipinski definition) is 2.